The van der Waals surface area contributed by atoms with Gasteiger partial charge in [-0.15, -0.1) is 0 Å². The first-order valence-corrected chi connectivity index (χ1v) is 10.0. The number of hydroxylamine groups is 2. The summed E-state index contributed by atoms with van der Waals surface area (Å²) < 4.78 is 5.01. The summed E-state index contributed by atoms with van der Waals surface area (Å²) in [6.45, 7) is 3.71. The zero-order valence-corrected chi connectivity index (χ0v) is 17.9. The zero-order chi connectivity index (χ0) is 20.5. The third kappa shape index (κ3) is 4.44. The van der Waals surface area contributed by atoms with Crippen LogP contribution in [0.3, 0.4) is 0 Å². The summed E-state index contributed by atoms with van der Waals surface area (Å²) in [6, 6.07) is 7.30. The maximum absolute atomic E-state index is 12.6. The molecule has 28 heavy (non-hydrogen) atoms. The molecule has 2 N–H and O–H groups in total. The Balaban J connectivity index is 1.81. The Morgan fingerprint density at radius 3 is 2.82 bits per heavy atom. The van der Waals surface area contributed by atoms with Gasteiger partial charge in [-0.3, -0.25) is 5.21 Å². The van der Waals surface area contributed by atoms with Crippen molar-refractivity contribution in [1.29, 1.82) is 0 Å². The van der Waals surface area contributed by atoms with Crippen LogP contribution >= 0.6 is 47.2 Å². The second-order valence-electron chi connectivity index (χ2n) is 6.35. The summed E-state index contributed by atoms with van der Waals surface area (Å²) in [7, 11) is 0. The minimum absolute atomic E-state index is 0.284. The van der Waals surface area contributed by atoms with Gasteiger partial charge in [0.2, 0.25) is 0 Å². The molecule has 1 aliphatic heterocycles. The lowest BCUT2D eigenvalue weighted by Gasteiger charge is -2.34. The number of benzene rings is 1. The van der Waals surface area contributed by atoms with Gasteiger partial charge in [0, 0.05) is 5.69 Å². The number of thioether (sulfide) groups is 1. The number of anilines is 1. The van der Waals surface area contributed by atoms with Crippen molar-refractivity contribution in [2.75, 3.05) is 5.32 Å². The standard InChI is InChI=1S/C17H16Cl2N4O3S2/c1-17(2)14(22(16(27)28-17)20-9-11-4-3-7-26-11)23(25)15(24)21-10-5-6-12(18)13(19)8-10/h3-9,14,25H,1-2H3,(H,21,24)/t14-/m0/s1. The fourth-order valence-electron chi connectivity index (χ4n) is 2.58. The number of urea groups is 1. The molecule has 0 radical (unpaired) electrons. The Kier molecular flexibility index (Phi) is 6.21. The molecule has 1 atom stereocenters. The predicted molar refractivity (Wildman–Crippen MR) is 115 cm³/mol. The molecule has 1 aliphatic rings. The van der Waals surface area contributed by atoms with Crippen LogP contribution in [0.5, 0.6) is 0 Å². The van der Waals surface area contributed by atoms with Crippen LogP contribution in [0.2, 0.25) is 10.0 Å². The van der Waals surface area contributed by atoms with Crippen LogP contribution < -0.4 is 5.32 Å². The van der Waals surface area contributed by atoms with Gasteiger partial charge in [-0.05, 0) is 44.2 Å². The minimum atomic E-state index is -0.848. The number of rotatable bonds is 4. The maximum atomic E-state index is 12.6. The number of thiocarbonyl (C=S) groups is 1. The molecule has 0 bridgehead atoms. The smallest absolute Gasteiger partial charge is 0.347 e. The zero-order valence-electron chi connectivity index (χ0n) is 14.8. The molecular weight excluding hydrogens is 443 g/mol. The lowest BCUT2D eigenvalue weighted by atomic mass is 10.1. The highest BCUT2D eigenvalue weighted by Gasteiger charge is 2.50. The first-order chi connectivity index (χ1) is 13.2. The van der Waals surface area contributed by atoms with E-state index in [0.29, 0.717) is 25.9 Å². The molecule has 0 spiro atoms. The Hall–Kier alpha value is -1.78. The van der Waals surface area contributed by atoms with E-state index in [1.807, 2.05) is 13.8 Å². The van der Waals surface area contributed by atoms with E-state index in [1.165, 1.54) is 35.3 Å². The monoisotopic (exact) mass is 458 g/mol. The van der Waals surface area contributed by atoms with Gasteiger partial charge in [-0.2, -0.15) is 10.2 Å². The van der Waals surface area contributed by atoms with Crippen LogP contribution in [-0.4, -0.2) is 42.8 Å². The second-order valence-corrected chi connectivity index (χ2v) is 9.46. The maximum Gasteiger partial charge on any atom is 0.347 e. The Labute approximate surface area is 181 Å². The SMILES string of the molecule is CC1(C)SC(=S)N(N=Cc2ccco2)[C@H]1N(O)C(=O)Nc1ccc(Cl)c(Cl)c1. The van der Waals surface area contributed by atoms with Crippen molar-refractivity contribution in [3.63, 3.8) is 0 Å². The Morgan fingerprint density at radius 1 is 1.43 bits per heavy atom. The van der Waals surface area contributed by atoms with Gasteiger partial charge in [0.1, 0.15) is 5.76 Å². The summed E-state index contributed by atoms with van der Waals surface area (Å²) in [4.78, 5) is 12.6. The van der Waals surface area contributed by atoms with Crippen molar-refractivity contribution < 1.29 is 14.4 Å². The fraction of sp³-hybridized carbons (Fsp3) is 0.235. The minimum Gasteiger partial charge on any atom is -0.463 e. The van der Waals surface area contributed by atoms with Crippen molar-refractivity contribution >= 4 is 69.4 Å². The van der Waals surface area contributed by atoms with Gasteiger partial charge < -0.3 is 9.73 Å². The number of furan rings is 1. The lowest BCUT2D eigenvalue weighted by molar-refractivity contribution is -0.114. The van der Waals surface area contributed by atoms with E-state index < -0.39 is 16.9 Å². The fourth-order valence-corrected chi connectivity index (χ4v) is 4.66. The molecule has 2 heterocycles. The van der Waals surface area contributed by atoms with Crippen molar-refractivity contribution in [1.82, 2.24) is 10.1 Å². The molecular formula is C17H16Cl2N4O3S2. The summed E-state index contributed by atoms with van der Waals surface area (Å²) in [5, 5.41) is 20.1. The number of carbonyl (C=O) groups is 1. The Bertz CT molecular complexity index is 921. The number of carbonyl (C=O) groups excluding carboxylic acids is 1. The number of nitrogens with one attached hydrogen (secondary N) is 1. The van der Waals surface area contributed by atoms with E-state index in [9.17, 15) is 10.0 Å². The predicted octanol–water partition coefficient (Wildman–Crippen LogP) is 5.28. The number of hydrogen-bond donors (Lipinski definition) is 2. The van der Waals surface area contributed by atoms with E-state index in [1.54, 1.807) is 24.3 Å². The topological polar surface area (TPSA) is 81.3 Å². The molecule has 0 aliphatic carbocycles. The van der Waals surface area contributed by atoms with E-state index in [2.05, 4.69) is 10.4 Å². The molecule has 148 valence electrons. The van der Waals surface area contributed by atoms with E-state index in [4.69, 9.17) is 39.8 Å². The number of amides is 2. The van der Waals surface area contributed by atoms with Crippen molar-refractivity contribution in [2.45, 2.75) is 24.8 Å². The highest BCUT2D eigenvalue weighted by Crippen LogP contribution is 2.42. The van der Waals surface area contributed by atoms with E-state index in [-0.39, 0.29) is 5.02 Å². The number of hydrogen-bond acceptors (Lipinski definition) is 6. The molecule has 0 unspecified atom stereocenters. The molecule has 2 aromatic rings. The molecule has 1 aromatic heterocycles. The van der Waals surface area contributed by atoms with Crippen molar-refractivity contribution in [2.24, 2.45) is 5.10 Å². The molecule has 1 aromatic carbocycles. The second kappa shape index (κ2) is 8.30. The molecule has 1 fully saturated rings. The largest absolute Gasteiger partial charge is 0.463 e. The van der Waals surface area contributed by atoms with Gasteiger partial charge >= 0.3 is 6.03 Å². The van der Waals surface area contributed by atoms with E-state index in [0.717, 1.165) is 0 Å². The van der Waals surface area contributed by atoms with Gasteiger partial charge in [-0.1, -0.05) is 47.2 Å². The molecule has 1 saturated heterocycles. The highest BCUT2D eigenvalue weighted by atomic mass is 35.5. The summed E-state index contributed by atoms with van der Waals surface area (Å²) in [5.74, 6) is 0.515. The molecule has 11 heteroatoms. The van der Waals surface area contributed by atoms with Crippen LogP contribution in [0.1, 0.15) is 19.6 Å². The van der Waals surface area contributed by atoms with Crippen molar-refractivity contribution in [3.8, 4) is 0 Å². The summed E-state index contributed by atoms with van der Waals surface area (Å²) in [6.07, 6.45) is 2.13. The molecule has 2 amide bonds. The van der Waals surface area contributed by atoms with Crippen LogP contribution in [0.15, 0.2) is 46.1 Å². The number of halogens is 2. The molecule has 3 rings (SSSR count). The molecule has 7 nitrogen and oxygen atoms in total. The summed E-state index contributed by atoms with van der Waals surface area (Å²) in [5.41, 5.74) is 0.384. The van der Waals surface area contributed by atoms with E-state index >= 15 is 0 Å². The van der Waals surface area contributed by atoms with Gasteiger partial charge in [-0.25, -0.2) is 9.80 Å². The van der Waals surface area contributed by atoms with Gasteiger partial charge in [0.25, 0.3) is 0 Å². The number of hydrazone groups is 1. The first kappa shape index (κ1) is 20.9. The van der Waals surface area contributed by atoms with Crippen LogP contribution in [0.25, 0.3) is 0 Å². The highest BCUT2D eigenvalue weighted by molar-refractivity contribution is 8.24. The quantitative estimate of drug-likeness (QED) is 0.280. The molecule has 0 saturated carbocycles. The lowest BCUT2D eigenvalue weighted by Crippen LogP contribution is -2.54. The summed E-state index contributed by atoms with van der Waals surface area (Å²) >= 11 is 18.5. The third-order valence-electron chi connectivity index (χ3n) is 3.85. The van der Waals surface area contributed by atoms with Gasteiger partial charge in [0.05, 0.1) is 27.3 Å². The number of nitrogens with zero attached hydrogens (tertiary/aromatic N) is 3. The van der Waals surface area contributed by atoms with Crippen LogP contribution in [0.4, 0.5) is 10.5 Å². The third-order valence-corrected chi connectivity index (χ3v) is 6.13. The average molecular weight is 459 g/mol. The van der Waals surface area contributed by atoms with Gasteiger partial charge in [0.15, 0.2) is 10.5 Å². The normalized spacial score (nSPS) is 18.7. The van der Waals surface area contributed by atoms with Crippen molar-refractivity contribution in [3.05, 3.63) is 52.4 Å². The Morgan fingerprint density at radius 2 is 2.18 bits per heavy atom. The van der Waals surface area contributed by atoms with Crippen LogP contribution in [-0.2, 0) is 0 Å². The average Bonchev–Trinajstić information content (AvgIpc) is 3.21. The first-order valence-electron chi connectivity index (χ1n) is 8.03. The van der Waals surface area contributed by atoms with Crippen LogP contribution in [0, 0.1) is 0 Å².